The van der Waals surface area contributed by atoms with Gasteiger partial charge in [0.25, 0.3) is 0 Å². The van der Waals surface area contributed by atoms with E-state index in [0.717, 1.165) is 24.2 Å². The van der Waals surface area contributed by atoms with Crippen LogP contribution in [0.3, 0.4) is 0 Å². The molecule has 0 spiro atoms. The van der Waals surface area contributed by atoms with Gasteiger partial charge >= 0.3 is 5.97 Å². The Balaban J connectivity index is 2.23. The van der Waals surface area contributed by atoms with Crippen molar-refractivity contribution in [3.8, 4) is 5.75 Å². The van der Waals surface area contributed by atoms with Crippen LogP contribution >= 0.6 is 0 Å². The number of benzene rings is 1. The minimum Gasteiger partial charge on any atom is -0.497 e. The van der Waals surface area contributed by atoms with E-state index in [-0.39, 0.29) is 18.5 Å². The van der Waals surface area contributed by atoms with E-state index in [1.54, 1.807) is 13.2 Å². The summed E-state index contributed by atoms with van der Waals surface area (Å²) in [7, 11) is 3.02. The molecule has 1 aromatic rings. The summed E-state index contributed by atoms with van der Waals surface area (Å²) in [5.41, 5.74) is 1.10. The van der Waals surface area contributed by atoms with E-state index < -0.39 is 0 Å². The van der Waals surface area contributed by atoms with Gasteiger partial charge in [-0.05, 0) is 30.5 Å². The Morgan fingerprint density at radius 2 is 2.00 bits per heavy atom. The van der Waals surface area contributed by atoms with Crippen molar-refractivity contribution in [1.29, 1.82) is 0 Å². The van der Waals surface area contributed by atoms with Crippen molar-refractivity contribution in [3.63, 3.8) is 0 Å². The molecular formula is C18H26O5. The lowest BCUT2D eigenvalue weighted by atomic mass is 10.1. The quantitative estimate of drug-likeness (QED) is 0.336. The molecule has 0 heterocycles. The lowest BCUT2D eigenvalue weighted by Gasteiger charge is -2.15. The predicted octanol–water partition coefficient (Wildman–Crippen LogP) is 3.13. The van der Waals surface area contributed by atoms with Crippen molar-refractivity contribution < 1.29 is 23.7 Å². The van der Waals surface area contributed by atoms with Crippen molar-refractivity contribution in [3.05, 3.63) is 42.5 Å². The van der Waals surface area contributed by atoms with Crippen LogP contribution in [0.4, 0.5) is 0 Å². The Morgan fingerprint density at radius 1 is 1.26 bits per heavy atom. The third-order valence-electron chi connectivity index (χ3n) is 3.31. The highest BCUT2D eigenvalue weighted by Crippen LogP contribution is 2.13. The monoisotopic (exact) mass is 322 g/mol. The summed E-state index contributed by atoms with van der Waals surface area (Å²) in [4.78, 5) is 11.3. The van der Waals surface area contributed by atoms with Gasteiger partial charge in [-0.3, -0.25) is 4.79 Å². The van der Waals surface area contributed by atoms with Crippen LogP contribution in [0.25, 0.3) is 0 Å². The van der Waals surface area contributed by atoms with Crippen molar-refractivity contribution in [2.24, 2.45) is 0 Å². The number of hydrogen-bond donors (Lipinski definition) is 0. The molecule has 1 atom stereocenters. The molecule has 0 aliphatic rings. The maximum absolute atomic E-state index is 11.3. The summed E-state index contributed by atoms with van der Waals surface area (Å²) in [5, 5.41) is 0. The first-order valence-electron chi connectivity index (χ1n) is 7.69. The highest BCUT2D eigenvalue weighted by Gasteiger charge is 2.14. The smallest absolute Gasteiger partial charge is 0.308 e. The Labute approximate surface area is 138 Å². The SMILES string of the molecule is C=CCO[C@@H](CCCOCc1ccc(OC)cc1)CC(=O)OC. The van der Waals surface area contributed by atoms with E-state index in [1.807, 2.05) is 24.3 Å². The van der Waals surface area contributed by atoms with Gasteiger partial charge in [-0.2, -0.15) is 0 Å². The normalized spacial score (nSPS) is 11.7. The number of esters is 1. The Kier molecular flexibility index (Phi) is 9.75. The Hall–Kier alpha value is -1.85. The molecule has 0 amide bonds. The maximum Gasteiger partial charge on any atom is 0.308 e. The Morgan fingerprint density at radius 3 is 2.61 bits per heavy atom. The molecule has 5 nitrogen and oxygen atoms in total. The molecule has 0 N–H and O–H groups in total. The highest BCUT2D eigenvalue weighted by atomic mass is 16.5. The fourth-order valence-electron chi connectivity index (χ4n) is 2.04. The topological polar surface area (TPSA) is 54.0 Å². The van der Waals surface area contributed by atoms with Gasteiger partial charge < -0.3 is 18.9 Å². The molecule has 0 fully saturated rings. The van der Waals surface area contributed by atoms with E-state index in [4.69, 9.17) is 14.2 Å². The zero-order valence-electron chi connectivity index (χ0n) is 14.0. The van der Waals surface area contributed by atoms with Gasteiger partial charge in [0.05, 0.1) is 40.0 Å². The largest absolute Gasteiger partial charge is 0.497 e. The van der Waals surface area contributed by atoms with Gasteiger partial charge in [0.2, 0.25) is 0 Å². The molecule has 0 bridgehead atoms. The third-order valence-corrected chi connectivity index (χ3v) is 3.31. The van der Waals surface area contributed by atoms with Gasteiger partial charge in [-0.1, -0.05) is 18.2 Å². The molecule has 0 unspecified atom stereocenters. The molecule has 0 radical (unpaired) electrons. The molecule has 5 heteroatoms. The minimum atomic E-state index is -0.266. The molecule has 1 aromatic carbocycles. The number of methoxy groups -OCH3 is 2. The van der Waals surface area contributed by atoms with E-state index in [2.05, 4.69) is 11.3 Å². The zero-order chi connectivity index (χ0) is 16.9. The predicted molar refractivity (Wildman–Crippen MR) is 88.5 cm³/mol. The molecule has 23 heavy (non-hydrogen) atoms. The number of carbonyl (C=O) groups is 1. The Bertz CT molecular complexity index is 455. The van der Waals surface area contributed by atoms with E-state index in [9.17, 15) is 4.79 Å². The fraction of sp³-hybridized carbons (Fsp3) is 0.500. The summed E-state index contributed by atoms with van der Waals surface area (Å²) in [6.45, 7) is 5.20. The van der Waals surface area contributed by atoms with E-state index >= 15 is 0 Å². The third kappa shape index (κ3) is 8.38. The van der Waals surface area contributed by atoms with Crippen LogP contribution in [0.5, 0.6) is 5.75 Å². The lowest BCUT2D eigenvalue weighted by molar-refractivity contribution is -0.143. The summed E-state index contributed by atoms with van der Waals surface area (Å²) >= 11 is 0. The second-order valence-corrected chi connectivity index (χ2v) is 5.07. The van der Waals surface area contributed by atoms with Crippen molar-refractivity contribution in [1.82, 2.24) is 0 Å². The fourth-order valence-corrected chi connectivity index (χ4v) is 2.04. The molecule has 0 aliphatic carbocycles. The van der Waals surface area contributed by atoms with Gasteiger partial charge in [0.15, 0.2) is 0 Å². The van der Waals surface area contributed by atoms with Crippen LogP contribution in [-0.2, 0) is 25.6 Å². The molecule has 0 saturated heterocycles. The van der Waals surface area contributed by atoms with Gasteiger partial charge in [-0.15, -0.1) is 6.58 Å². The minimum absolute atomic E-state index is 0.162. The van der Waals surface area contributed by atoms with Crippen molar-refractivity contribution >= 4 is 5.97 Å². The average Bonchev–Trinajstić information content (AvgIpc) is 2.59. The summed E-state index contributed by atoms with van der Waals surface area (Å²) in [6.07, 6.45) is 3.32. The highest BCUT2D eigenvalue weighted by molar-refractivity contribution is 5.69. The van der Waals surface area contributed by atoms with Crippen LogP contribution in [-0.4, -0.2) is 39.5 Å². The van der Waals surface area contributed by atoms with Crippen LogP contribution in [0.15, 0.2) is 36.9 Å². The maximum atomic E-state index is 11.3. The lowest BCUT2D eigenvalue weighted by Crippen LogP contribution is -2.19. The number of rotatable bonds is 12. The van der Waals surface area contributed by atoms with Gasteiger partial charge in [0.1, 0.15) is 5.75 Å². The van der Waals surface area contributed by atoms with Crippen molar-refractivity contribution in [2.45, 2.75) is 32.0 Å². The van der Waals surface area contributed by atoms with Crippen molar-refractivity contribution in [2.75, 3.05) is 27.4 Å². The van der Waals surface area contributed by atoms with Crippen LogP contribution in [0.1, 0.15) is 24.8 Å². The number of carbonyl (C=O) groups excluding carboxylic acids is 1. The zero-order valence-corrected chi connectivity index (χ0v) is 14.0. The molecular weight excluding hydrogens is 296 g/mol. The second kappa shape index (κ2) is 11.7. The number of ether oxygens (including phenoxy) is 4. The van der Waals surface area contributed by atoms with Gasteiger partial charge in [0, 0.05) is 6.61 Å². The summed E-state index contributed by atoms with van der Waals surface area (Å²) < 4.78 is 21.0. The first-order chi connectivity index (χ1) is 11.2. The molecule has 0 aliphatic heterocycles. The summed E-state index contributed by atoms with van der Waals surface area (Å²) in [5.74, 6) is 0.567. The van der Waals surface area contributed by atoms with E-state index in [0.29, 0.717) is 19.8 Å². The molecule has 1 rings (SSSR count). The average molecular weight is 322 g/mol. The van der Waals surface area contributed by atoms with E-state index in [1.165, 1.54) is 7.11 Å². The number of hydrogen-bond acceptors (Lipinski definition) is 5. The molecule has 0 aromatic heterocycles. The standard InChI is InChI=1S/C18H26O5/c1-4-11-23-17(13-18(19)21-3)6-5-12-22-14-15-7-9-16(20-2)10-8-15/h4,7-10,17H,1,5-6,11-14H2,2-3H3/t17-/m0/s1. The van der Waals surface area contributed by atoms with Crippen LogP contribution in [0, 0.1) is 0 Å². The molecule has 0 saturated carbocycles. The van der Waals surface area contributed by atoms with Gasteiger partial charge in [-0.25, -0.2) is 0 Å². The van der Waals surface area contributed by atoms with Crippen LogP contribution in [0.2, 0.25) is 0 Å². The molecule has 128 valence electrons. The second-order valence-electron chi connectivity index (χ2n) is 5.07. The first-order valence-corrected chi connectivity index (χ1v) is 7.69. The summed E-state index contributed by atoms with van der Waals surface area (Å²) in [6, 6.07) is 7.78. The van der Waals surface area contributed by atoms with Crippen LogP contribution < -0.4 is 4.74 Å². The first kappa shape index (κ1) is 19.2.